The van der Waals surface area contributed by atoms with Gasteiger partial charge in [0, 0.05) is 26.1 Å². The van der Waals surface area contributed by atoms with E-state index in [1.165, 1.54) is 0 Å². The van der Waals surface area contributed by atoms with Crippen LogP contribution in [0.5, 0.6) is 11.5 Å². The van der Waals surface area contributed by atoms with Gasteiger partial charge >= 0.3 is 0 Å². The maximum absolute atomic E-state index is 9.77. The maximum atomic E-state index is 9.77. The Kier molecular flexibility index (Phi) is 12.3. The molecule has 31 heavy (non-hydrogen) atoms. The van der Waals surface area contributed by atoms with E-state index in [9.17, 15) is 5.11 Å². The summed E-state index contributed by atoms with van der Waals surface area (Å²) in [6, 6.07) is 16.1. The molecule has 0 saturated carbocycles. The van der Waals surface area contributed by atoms with Gasteiger partial charge < -0.3 is 30.1 Å². The van der Waals surface area contributed by atoms with Crippen molar-refractivity contribution in [3.8, 4) is 11.5 Å². The molecule has 0 heterocycles. The summed E-state index contributed by atoms with van der Waals surface area (Å²) in [5.74, 6) is 2.11. The van der Waals surface area contributed by atoms with E-state index in [1.54, 1.807) is 21.3 Å². The van der Waals surface area contributed by atoms with Crippen LogP contribution in [0, 0.1) is 0 Å². The first-order chi connectivity index (χ1) is 14.5. The molecule has 7 nitrogen and oxygen atoms in total. The fraction of sp³-hybridized carbons (Fsp3) is 0.435. The van der Waals surface area contributed by atoms with Crippen LogP contribution in [-0.4, -0.2) is 71.0 Å². The van der Waals surface area contributed by atoms with Crippen LogP contribution >= 0.6 is 24.0 Å². The number of halogens is 1. The summed E-state index contributed by atoms with van der Waals surface area (Å²) in [5.41, 5.74) is 2.21. The van der Waals surface area contributed by atoms with Crippen LogP contribution in [0.15, 0.2) is 53.5 Å². The van der Waals surface area contributed by atoms with Crippen molar-refractivity contribution in [2.75, 3.05) is 55.1 Å². The number of nitrogens with one attached hydrogen (secondary N) is 2. The van der Waals surface area contributed by atoms with Gasteiger partial charge in [0.1, 0.15) is 0 Å². The van der Waals surface area contributed by atoms with Crippen molar-refractivity contribution in [3.05, 3.63) is 59.7 Å². The molecule has 0 spiro atoms. The van der Waals surface area contributed by atoms with Crippen molar-refractivity contribution in [2.45, 2.75) is 12.0 Å². The highest BCUT2D eigenvalue weighted by Crippen LogP contribution is 2.31. The van der Waals surface area contributed by atoms with Gasteiger partial charge in [-0.2, -0.15) is 0 Å². The zero-order chi connectivity index (χ0) is 21.9. The molecule has 2 aromatic carbocycles. The molecule has 8 heteroatoms. The Hall–Kier alpha value is -2.04. The number of methoxy groups -OCH3 is 2. The Labute approximate surface area is 202 Å². The van der Waals surface area contributed by atoms with Gasteiger partial charge in [0.15, 0.2) is 17.5 Å². The van der Waals surface area contributed by atoms with Crippen LogP contribution in [0.25, 0.3) is 0 Å². The van der Waals surface area contributed by atoms with Gasteiger partial charge in [0.25, 0.3) is 0 Å². The maximum Gasteiger partial charge on any atom is 0.191 e. The van der Waals surface area contributed by atoms with E-state index in [-0.39, 0.29) is 42.5 Å². The molecule has 0 aromatic heterocycles. The lowest BCUT2D eigenvalue weighted by molar-refractivity contribution is 0.264. The zero-order valence-electron chi connectivity index (χ0n) is 19.0. The van der Waals surface area contributed by atoms with Gasteiger partial charge in [-0.15, -0.1) is 24.0 Å². The van der Waals surface area contributed by atoms with Crippen LogP contribution in [-0.2, 0) is 0 Å². The number of aliphatic hydroxyl groups excluding tert-OH is 1. The van der Waals surface area contributed by atoms with Crippen molar-refractivity contribution in [2.24, 2.45) is 4.99 Å². The zero-order valence-corrected chi connectivity index (χ0v) is 21.3. The quantitative estimate of drug-likeness (QED) is 0.244. The van der Waals surface area contributed by atoms with Crippen molar-refractivity contribution in [3.63, 3.8) is 0 Å². The van der Waals surface area contributed by atoms with Gasteiger partial charge in [-0.1, -0.05) is 36.4 Å². The van der Waals surface area contributed by atoms with Crippen molar-refractivity contribution in [1.29, 1.82) is 0 Å². The first-order valence-electron chi connectivity index (χ1n) is 10.0. The highest BCUT2D eigenvalue weighted by molar-refractivity contribution is 14.0. The molecule has 0 radical (unpaired) electrons. The van der Waals surface area contributed by atoms with Crippen LogP contribution in [0.2, 0.25) is 0 Å². The van der Waals surface area contributed by atoms with Crippen molar-refractivity contribution < 1.29 is 14.6 Å². The molecule has 0 bridgehead atoms. The van der Waals surface area contributed by atoms with Crippen molar-refractivity contribution >= 4 is 29.9 Å². The van der Waals surface area contributed by atoms with Gasteiger partial charge in [0.05, 0.1) is 26.9 Å². The number of aliphatic hydroxyl groups is 1. The van der Waals surface area contributed by atoms with Gasteiger partial charge in [0.2, 0.25) is 0 Å². The highest BCUT2D eigenvalue weighted by atomic mass is 127. The van der Waals surface area contributed by atoms with E-state index in [0.717, 1.165) is 11.1 Å². The van der Waals surface area contributed by atoms with E-state index < -0.39 is 0 Å². The second-order valence-corrected chi connectivity index (χ2v) is 7.22. The van der Waals surface area contributed by atoms with E-state index in [4.69, 9.17) is 9.47 Å². The van der Waals surface area contributed by atoms with Crippen molar-refractivity contribution in [1.82, 2.24) is 15.5 Å². The number of guanidine groups is 1. The lowest BCUT2D eigenvalue weighted by atomic mass is 10.0. The average molecular weight is 542 g/mol. The predicted octanol–water partition coefficient (Wildman–Crippen LogP) is 2.87. The smallest absolute Gasteiger partial charge is 0.191 e. The number of nitrogens with zero attached hydrogens (tertiary/aromatic N) is 2. The van der Waals surface area contributed by atoms with E-state index in [0.29, 0.717) is 30.5 Å². The lowest BCUT2D eigenvalue weighted by Gasteiger charge is -2.27. The first kappa shape index (κ1) is 27.0. The van der Waals surface area contributed by atoms with Crippen LogP contribution in [0.3, 0.4) is 0 Å². The molecule has 0 aliphatic heterocycles. The molecule has 0 fully saturated rings. The summed E-state index contributed by atoms with van der Waals surface area (Å²) in [4.78, 5) is 6.46. The minimum Gasteiger partial charge on any atom is -0.493 e. The number of rotatable bonds is 10. The Bertz CT molecular complexity index is 803. The molecule has 2 aromatic rings. The summed E-state index contributed by atoms with van der Waals surface area (Å²) in [5, 5.41) is 16.5. The van der Waals surface area contributed by atoms with Crippen LogP contribution in [0.4, 0.5) is 0 Å². The normalized spacial score (nSPS) is 13.2. The highest BCUT2D eigenvalue weighted by Gasteiger charge is 2.18. The lowest BCUT2D eigenvalue weighted by Crippen LogP contribution is -2.43. The molecular weight excluding hydrogens is 507 g/mol. The number of ether oxygens (including phenoxy) is 2. The number of aliphatic imine (C=N–C) groups is 1. The minimum absolute atomic E-state index is 0. The Morgan fingerprint density at radius 1 is 0.968 bits per heavy atom. The van der Waals surface area contributed by atoms with Crippen LogP contribution < -0.4 is 20.1 Å². The van der Waals surface area contributed by atoms with Gasteiger partial charge in [-0.05, 0) is 37.4 Å². The molecule has 0 amide bonds. The third kappa shape index (κ3) is 7.86. The molecule has 0 aliphatic rings. The Balaban J connectivity index is 0.00000480. The number of hydrogen-bond donors (Lipinski definition) is 3. The number of benzene rings is 2. The standard InChI is InChI=1S/C23H34N4O3.HI/c1-24-23(25-14-19(16-28)17-9-7-6-8-10-17)26-15-20(27(2)3)18-11-12-21(29-4)22(13-18)30-5;/h6-13,19-20,28H,14-16H2,1-5H3,(H2,24,25,26);1H. The fourth-order valence-corrected chi connectivity index (χ4v) is 3.31. The van der Waals surface area contributed by atoms with Crippen LogP contribution in [0.1, 0.15) is 23.1 Å². The largest absolute Gasteiger partial charge is 0.493 e. The molecular formula is C23H35IN4O3. The van der Waals surface area contributed by atoms with E-state index in [2.05, 4.69) is 20.5 Å². The summed E-state index contributed by atoms with van der Waals surface area (Å²) in [6.07, 6.45) is 0. The monoisotopic (exact) mass is 542 g/mol. The van der Waals surface area contributed by atoms with E-state index in [1.807, 2.05) is 62.6 Å². The summed E-state index contributed by atoms with van der Waals surface area (Å²) in [7, 11) is 9.09. The SMILES string of the molecule is CN=C(NCC(CO)c1ccccc1)NCC(c1ccc(OC)c(OC)c1)N(C)C.I. The predicted molar refractivity (Wildman–Crippen MR) is 137 cm³/mol. The molecule has 0 saturated heterocycles. The summed E-state index contributed by atoms with van der Waals surface area (Å²) < 4.78 is 10.8. The molecule has 0 aliphatic carbocycles. The minimum atomic E-state index is 0. The Morgan fingerprint density at radius 2 is 1.61 bits per heavy atom. The third-order valence-electron chi connectivity index (χ3n) is 5.11. The Morgan fingerprint density at radius 3 is 2.16 bits per heavy atom. The van der Waals surface area contributed by atoms with Gasteiger partial charge in [-0.25, -0.2) is 0 Å². The topological polar surface area (TPSA) is 78.4 Å². The molecule has 2 rings (SSSR count). The third-order valence-corrected chi connectivity index (χ3v) is 5.11. The second-order valence-electron chi connectivity index (χ2n) is 7.22. The van der Waals surface area contributed by atoms with Gasteiger partial charge in [-0.3, -0.25) is 4.99 Å². The second kappa shape index (κ2) is 14.1. The average Bonchev–Trinajstić information content (AvgIpc) is 2.78. The number of hydrogen-bond acceptors (Lipinski definition) is 5. The van der Waals surface area contributed by atoms with E-state index >= 15 is 0 Å². The number of likely N-dealkylation sites (N-methyl/N-ethyl adjacent to an activating group) is 1. The molecule has 3 N–H and O–H groups in total. The molecule has 172 valence electrons. The fourth-order valence-electron chi connectivity index (χ4n) is 3.31. The summed E-state index contributed by atoms with van der Waals surface area (Å²) >= 11 is 0. The molecule has 2 unspecified atom stereocenters. The summed E-state index contributed by atoms with van der Waals surface area (Å²) in [6.45, 7) is 1.31. The molecule has 2 atom stereocenters. The first-order valence-corrected chi connectivity index (χ1v) is 10.0.